The van der Waals surface area contributed by atoms with Crippen LogP contribution in [0.1, 0.15) is 27.6 Å². The van der Waals surface area contributed by atoms with Gasteiger partial charge in [-0.2, -0.15) is 0 Å². The highest BCUT2D eigenvalue weighted by atomic mass is 32.1. The van der Waals surface area contributed by atoms with Gasteiger partial charge in [-0.15, -0.1) is 11.3 Å². The molecular weight excluding hydrogens is 428 g/mol. The molecule has 31 heavy (non-hydrogen) atoms. The molecule has 2 aromatic heterocycles. The number of thiophene rings is 1. The number of nitrogens with zero attached hydrogens (tertiary/aromatic N) is 2. The number of fused-ring (bicyclic) bond motifs is 1. The van der Waals surface area contributed by atoms with Crippen molar-refractivity contribution in [3.8, 4) is 0 Å². The third-order valence-electron chi connectivity index (χ3n) is 5.33. The van der Waals surface area contributed by atoms with E-state index in [4.69, 9.17) is 4.98 Å². The highest BCUT2D eigenvalue weighted by Gasteiger charge is 2.48. The predicted molar refractivity (Wildman–Crippen MR) is 125 cm³/mol. The molecule has 154 valence electrons. The summed E-state index contributed by atoms with van der Waals surface area (Å²) in [5.41, 5.74) is 3.54. The molecule has 1 aliphatic heterocycles. The predicted octanol–water partition coefficient (Wildman–Crippen LogP) is 5.60. The fraction of sp³-hybridized carbons (Fsp3) is 0.125. The van der Waals surface area contributed by atoms with Crippen LogP contribution in [0.2, 0.25) is 0 Å². The van der Waals surface area contributed by atoms with Gasteiger partial charge in [0.25, 0.3) is 5.78 Å². The van der Waals surface area contributed by atoms with Gasteiger partial charge in [-0.1, -0.05) is 53.8 Å². The minimum absolute atomic E-state index is 0.0887. The average molecular weight is 447 g/mol. The molecule has 0 saturated carbocycles. The number of aliphatic hydroxyl groups excluding tert-OH is 1. The van der Waals surface area contributed by atoms with Crippen molar-refractivity contribution in [1.82, 2.24) is 4.98 Å². The Morgan fingerprint density at radius 1 is 1.06 bits per heavy atom. The summed E-state index contributed by atoms with van der Waals surface area (Å²) in [5.74, 6) is -1.55. The number of aryl methyl sites for hydroxylation is 2. The number of Topliss-reactive ketones (excluding diaryl/α,β-unsaturated/α-hetero) is 1. The highest BCUT2D eigenvalue weighted by Crippen LogP contribution is 2.45. The van der Waals surface area contributed by atoms with Crippen LogP contribution >= 0.6 is 22.7 Å². The molecule has 4 aromatic rings. The monoisotopic (exact) mass is 446 g/mol. The number of carbonyl (C=O) groups is 2. The first-order chi connectivity index (χ1) is 15.0. The van der Waals surface area contributed by atoms with Crippen molar-refractivity contribution in [3.63, 3.8) is 0 Å². The maximum atomic E-state index is 13.2. The molecule has 1 amide bonds. The van der Waals surface area contributed by atoms with E-state index in [-0.39, 0.29) is 11.3 Å². The second kappa shape index (κ2) is 7.44. The fourth-order valence-corrected chi connectivity index (χ4v) is 5.95. The normalized spacial score (nSPS) is 18.3. The average Bonchev–Trinajstić information content (AvgIpc) is 3.47. The van der Waals surface area contributed by atoms with Crippen LogP contribution in [0.15, 0.2) is 65.6 Å². The number of carbonyl (C=O) groups excluding carboxylic acids is 2. The molecule has 3 heterocycles. The summed E-state index contributed by atoms with van der Waals surface area (Å²) in [5, 5.41) is 13.4. The number of amides is 1. The standard InChI is InChI=1S/C24H18N2O3S2/c1-13-11-14(2)19-17(12-13)31-24(25-19)26-20(16-9-6-10-30-16)18(22(28)23(26)29)21(27)15-7-4-3-5-8-15/h3-12,20,27H,1-2H3/b21-18+. The maximum Gasteiger partial charge on any atom is 0.301 e. The van der Waals surface area contributed by atoms with Gasteiger partial charge in [0.1, 0.15) is 11.8 Å². The summed E-state index contributed by atoms with van der Waals surface area (Å²) in [6, 6.07) is 15.9. The van der Waals surface area contributed by atoms with Crippen molar-refractivity contribution in [1.29, 1.82) is 0 Å². The Balaban J connectivity index is 1.73. The van der Waals surface area contributed by atoms with E-state index in [9.17, 15) is 14.7 Å². The van der Waals surface area contributed by atoms with Gasteiger partial charge < -0.3 is 5.11 Å². The Kier molecular flexibility index (Phi) is 4.72. The van der Waals surface area contributed by atoms with E-state index in [1.807, 2.05) is 49.6 Å². The van der Waals surface area contributed by atoms with Gasteiger partial charge in [0, 0.05) is 10.4 Å². The smallest absolute Gasteiger partial charge is 0.301 e. The van der Waals surface area contributed by atoms with Crippen LogP contribution in [0.5, 0.6) is 0 Å². The molecule has 7 heteroatoms. The number of aromatic nitrogens is 1. The Labute approximate surface area is 186 Å². The molecule has 0 bridgehead atoms. The molecule has 0 spiro atoms. The van der Waals surface area contributed by atoms with E-state index in [2.05, 4.69) is 0 Å². The van der Waals surface area contributed by atoms with E-state index >= 15 is 0 Å². The van der Waals surface area contributed by atoms with E-state index < -0.39 is 17.7 Å². The molecule has 1 atom stereocenters. The van der Waals surface area contributed by atoms with E-state index in [1.165, 1.54) is 27.6 Å². The van der Waals surface area contributed by atoms with E-state index in [1.54, 1.807) is 24.3 Å². The second-order valence-electron chi connectivity index (χ2n) is 7.48. The zero-order chi connectivity index (χ0) is 21.7. The first-order valence-electron chi connectivity index (χ1n) is 9.73. The largest absolute Gasteiger partial charge is 0.507 e. The number of anilines is 1. The summed E-state index contributed by atoms with van der Waals surface area (Å²) in [4.78, 5) is 33.3. The molecule has 1 saturated heterocycles. The molecule has 1 aliphatic rings. The van der Waals surface area contributed by atoms with Crippen molar-refractivity contribution in [2.45, 2.75) is 19.9 Å². The van der Waals surface area contributed by atoms with E-state index in [0.717, 1.165) is 26.2 Å². The van der Waals surface area contributed by atoms with Gasteiger partial charge in [-0.3, -0.25) is 14.5 Å². The SMILES string of the molecule is Cc1cc(C)c2nc(N3C(=O)C(=O)/C(=C(/O)c4ccccc4)C3c3cccs3)sc2c1. The van der Waals surface area contributed by atoms with Crippen LogP contribution in [0.3, 0.4) is 0 Å². The third kappa shape index (κ3) is 3.17. The molecule has 2 aromatic carbocycles. The van der Waals surface area contributed by atoms with Crippen molar-refractivity contribution < 1.29 is 14.7 Å². The number of hydrogen-bond acceptors (Lipinski definition) is 6. The molecule has 1 unspecified atom stereocenters. The zero-order valence-electron chi connectivity index (χ0n) is 16.8. The molecule has 0 aliphatic carbocycles. The van der Waals surface area contributed by atoms with Gasteiger partial charge in [-0.25, -0.2) is 4.98 Å². The quantitative estimate of drug-likeness (QED) is 0.253. The minimum Gasteiger partial charge on any atom is -0.507 e. The lowest BCUT2D eigenvalue weighted by Gasteiger charge is -2.21. The summed E-state index contributed by atoms with van der Waals surface area (Å²) < 4.78 is 0.961. The van der Waals surface area contributed by atoms with Crippen molar-refractivity contribution in [3.05, 3.63) is 87.1 Å². The summed E-state index contributed by atoms with van der Waals surface area (Å²) in [6.07, 6.45) is 0. The van der Waals surface area contributed by atoms with Crippen LogP contribution in [0, 0.1) is 13.8 Å². The van der Waals surface area contributed by atoms with Crippen molar-refractivity contribution in [2.75, 3.05) is 4.90 Å². The molecular formula is C24H18N2O3S2. The topological polar surface area (TPSA) is 70.5 Å². The van der Waals surface area contributed by atoms with Gasteiger partial charge in [0.15, 0.2) is 5.13 Å². The van der Waals surface area contributed by atoms with Gasteiger partial charge in [-0.05, 0) is 42.5 Å². The van der Waals surface area contributed by atoms with Crippen LogP contribution in [0.4, 0.5) is 5.13 Å². The zero-order valence-corrected chi connectivity index (χ0v) is 18.5. The molecule has 5 rings (SSSR count). The highest BCUT2D eigenvalue weighted by molar-refractivity contribution is 7.22. The number of benzene rings is 2. The van der Waals surface area contributed by atoms with Gasteiger partial charge >= 0.3 is 5.91 Å². The van der Waals surface area contributed by atoms with Crippen molar-refractivity contribution in [2.24, 2.45) is 0 Å². The Morgan fingerprint density at radius 2 is 1.84 bits per heavy atom. The summed E-state index contributed by atoms with van der Waals surface area (Å²) in [6.45, 7) is 4.00. The lowest BCUT2D eigenvalue weighted by Crippen LogP contribution is -2.28. The molecule has 1 fully saturated rings. The molecule has 5 nitrogen and oxygen atoms in total. The fourth-order valence-electron chi connectivity index (χ4n) is 3.96. The number of rotatable bonds is 3. The number of thiazole rings is 1. The number of ketones is 1. The van der Waals surface area contributed by atoms with E-state index in [0.29, 0.717) is 10.7 Å². The second-order valence-corrected chi connectivity index (χ2v) is 9.46. The molecule has 0 radical (unpaired) electrons. The summed E-state index contributed by atoms with van der Waals surface area (Å²) >= 11 is 2.82. The Hall–Kier alpha value is -3.29. The first-order valence-corrected chi connectivity index (χ1v) is 11.4. The van der Waals surface area contributed by atoms with Crippen LogP contribution in [-0.2, 0) is 9.59 Å². The van der Waals surface area contributed by atoms with Crippen LogP contribution in [0.25, 0.3) is 16.0 Å². The number of aliphatic hydroxyl groups is 1. The summed E-state index contributed by atoms with van der Waals surface area (Å²) in [7, 11) is 0. The van der Waals surface area contributed by atoms with Crippen molar-refractivity contribution >= 4 is 55.5 Å². The van der Waals surface area contributed by atoms with Gasteiger partial charge in [0.2, 0.25) is 0 Å². The number of hydrogen-bond donors (Lipinski definition) is 1. The lowest BCUT2D eigenvalue weighted by molar-refractivity contribution is -0.132. The Morgan fingerprint density at radius 3 is 2.55 bits per heavy atom. The van der Waals surface area contributed by atoms with Crippen LogP contribution < -0.4 is 4.90 Å². The maximum absolute atomic E-state index is 13.2. The van der Waals surface area contributed by atoms with Gasteiger partial charge in [0.05, 0.1) is 15.8 Å². The third-order valence-corrected chi connectivity index (χ3v) is 7.26. The van der Waals surface area contributed by atoms with Crippen LogP contribution in [-0.4, -0.2) is 21.8 Å². The lowest BCUT2D eigenvalue weighted by atomic mass is 10.00. The molecule has 1 N–H and O–H groups in total. The minimum atomic E-state index is -0.720. The first kappa shape index (κ1) is 19.7. The Bertz CT molecular complexity index is 1350.